The van der Waals surface area contributed by atoms with Gasteiger partial charge in [0.2, 0.25) is 0 Å². The van der Waals surface area contributed by atoms with E-state index in [4.69, 9.17) is 4.74 Å². The zero-order valence-corrected chi connectivity index (χ0v) is 8.12. The summed E-state index contributed by atoms with van der Waals surface area (Å²) in [4.78, 5) is 0. The van der Waals surface area contributed by atoms with E-state index in [0.29, 0.717) is 12.0 Å². The first-order chi connectivity index (χ1) is 5.74. The van der Waals surface area contributed by atoms with Crippen LogP contribution < -0.4 is 0 Å². The summed E-state index contributed by atoms with van der Waals surface area (Å²) in [7, 11) is 0. The molecule has 1 fully saturated rings. The van der Waals surface area contributed by atoms with Crippen LogP contribution in [0.5, 0.6) is 0 Å². The number of aliphatic hydroxyl groups is 1. The van der Waals surface area contributed by atoms with Gasteiger partial charge in [0, 0.05) is 6.61 Å². The molecular formula is C10H20O2. The van der Waals surface area contributed by atoms with Gasteiger partial charge in [0.05, 0.1) is 12.2 Å². The van der Waals surface area contributed by atoms with Crippen LogP contribution in [0.2, 0.25) is 0 Å². The highest BCUT2D eigenvalue weighted by Gasteiger charge is 2.21. The van der Waals surface area contributed by atoms with Crippen molar-refractivity contribution in [2.45, 2.75) is 51.7 Å². The molecule has 1 saturated heterocycles. The molecule has 1 aliphatic rings. The zero-order chi connectivity index (χ0) is 8.97. The highest BCUT2D eigenvalue weighted by atomic mass is 16.5. The normalized spacial score (nSPS) is 28.8. The van der Waals surface area contributed by atoms with E-state index in [2.05, 4.69) is 6.92 Å². The van der Waals surface area contributed by atoms with Crippen LogP contribution in [0.15, 0.2) is 0 Å². The molecule has 0 aromatic carbocycles. The second kappa shape index (κ2) is 4.83. The first-order valence-corrected chi connectivity index (χ1v) is 5.03. The Morgan fingerprint density at radius 3 is 2.83 bits per heavy atom. The van der Waals surface area contributed by atoms with Gasteiger partial charge in [-0.15, -0.1) is 0 Å². The third-order valence-electron chi connectivity index (χ3n) is 2.73. The van der Waals surface area contributed by atoms with E-state index < -0.39 is 0 Å². The van der Waals surface area contributed by atoms with Crippen molar-refractivity contribution >= 4 is 0 Å². The standard InChI is InChI=1S/C10H20O2/c1-3-10(11)8(2)7-9-5-4-6-12-9/h8-11H,3-7H2,1-2H3. The van der Waals surface area contributed by atoms with E-state index in [9.17, 15) is 5.11 Å². The number of ether oxygens (including phenoxy) is 1. The Morgan fingerprint density at radius 1 is 1.58 bits per heavy atom. The molecule has 0 amide bonds. The molecule has 3 unspecified atom stereocenters. The van der Waals surface area contributed by atoms with E-state index >= 15 is 0 Å². The van der Waals surface area contributed by atoms with Crippen molar-refractivity contribution < 1.29 is 9.84 Å². The third-order valence-corrected chi connectivity index (χ3v) is 2.73. The minimum atomic E-state index is -0.144. The van der Waals surface area contributed by atoms with E-state index in [1.54, 1.807) is 0 Å². The molecule has 1 aliphatic heterocycles. The maximum absolute atomic E-state index is 9.53. The lowest BCUT2D eigenvalue weighted by Gasteiger charge is -2.20. The molecule has 12 heavy (non-hydrogen) atoms. The SMILES string of the molecule is CCC(O)C(C)CC1CCCO1. The largest absolute Gasteiger partial charge is 0.393 e. The summed E-state index contributed by atoms with van der Waals surface area (Å²) in [5.41, 5.74) is 0. The maximum Gasteiger partial charge on any atom is 0.0579 e. The average Bonchev–Trinajstić information content (AvgIpc) is 2.55. The Hall–Kier alpha value is -0.0800. The van der Waals surface area contributed by atoms with Gasteiger partial charge in [0.1, 0.15) is 0 Å². The van der Waals surface area contributed by atoms with Crippen molar-refractivity contribution in [2.75, 3.05) is 6.61 Å². The van der Waals surface area contributed by atoms with Gasteiger partial charge < -0.3 is 9.84 Å². The van der Waals surface area contributed by atoms with Crippen molar-refractivity contribution in [3.05, 3.63) is 0 Å². The van der Waals surface area contributed by atoms with Crippen LogP contribution >= 0.6 is 0 Å². The zero-order valence-electron chi connectivity index (χ0n) is 8.12. The number of rotatable bonds is 4. The van der Waals surface area contributed by atoms with Crippen molar-refractivity contribution in [3.63, 3.8) is 0 Å². The maximum atomic E-state index is 9.53. The molecule has 72 valence electrons. The Balaban J connectivity index is 2.19. The highest BCUT2D eigenvalue weighted by Crippen LogP contribution is 2.22. The molecule has 2 nitrogen and oxygen atoms in total. The average molecular weight is 172 g/mol. The summed E-state index contributed by atoms with van der Waals surface area (Å²) in [6.07, 6.45) is 4.53. The highest BCUT2D eigenvalue weighted by molar-refractivity contribution is 4.71. The Bertz CT molecular complexity index is 119. The summed E-state index contributed by atoms with van der Waals surface area (Å²) >= 11 is 0. The lowest BCUT2D eigenvalue weighted by molar-refractivity contribution is 0.0487. The van der Waals surface area contributed by atoms with E-state index in [0.717, 1.165) is 19.4 Å². The first kappa shape index (κ1) is 10.0. The van der Waals surface area contributed by atoms with Crippen molar-refractivity contribution in [1.82, 2.24) is 0 Å². The first-order valence-electron chi connectivity index (χ1n) is 5.03. The fraction of sp³-hybridized carbons (Fsp3) is 1.00. The second-order valence-corrected chi connectivity index (χ2v) is 3.82. The third kappa shape index (κ3) is 2.76. The summed E-state index contributed by atoms with van der Waals surface area (Å²) in [5, 5.41) is 9.53. The minimum absolute atomic E-state index is 0.144. The summed E-state index contributed by atoms with van der Waals surface area (Å²) in [6.45, 7) is 5.05. The molecule has 0 aromatic rings. The fourth-order valence-corrected chi connectivity index (χ4v) is 1.80. The molecule has 1 N–H and O–H groups in total. The molecule has 0 radical (unpaired) electrons. The van der Waals surface area contributed by atoms with Gasteiger partial charge in [-0.1, -0.05) is 13.8 Å². The predicted molar refractivity (Wildman–Crippen MR) is 49.1 cm³/mol. The van der Waals surface area contributed by atoms with E-state index in [1.165, 1.54) is 12.8 Å². The topological polar surface area (TPSA) is 29.5 Å². The van der Waals surface area contributed by atoms with Crippen LogP contribution in [0.1, 0.15) is 39.5 Å². The molecular weight excluding hydrogens is 152 g/mol. The molecule has 0 saturated carbocycles. The van der Waals surface area contributed by atoms with Gasteiger partial charge >= 0.3 is 0 Å². The number of hydrogen-bond acceptors (Lipinski definition) is 2. The predicted octanol–water partition coefficient (Wildman–Crippen LogP) is 1.96. The van der Waals surface area contributed by atoms with Crippen LogP contribution in [-0.4, -0.2) is 23.9 Å². The Labute approximate surface area is 74.9 Å². The summed E-state index contributed by atoms with van der Waals surface area (Å²) in [5.74, 6) is 0.387. The molecule has 3 atom stereocenters. The quantitative estimate of drug-likeness (QED) is 0.702. The van der Waals surface area contributed by atoms with Gasteiger partial charge in [-0.2, -0.15) is 0 Å². The second-order valence-electron chi connectivity index (χ2n) is 3.82. The molecule has 1 heterocycles. The lowest BCUT2D eigenvalue weighted by atomic mass is 9.95. The van der Waals surface area contributed by atoms with Gasteiger partial charge in [0.25, 0.3) is 0 Å². The summed E-state index contributed by atoms with van der Waals surface area (Å²) < 4.78 is 5.51. The summed E-state index contributed by atoms with van der Waals surface area (Å²) in [6, 6.07) is 0. The smallest absolute Gasteiger partial charge is 0.0579 e. The Morgan fingerprint density at radius 2 is 2.33 bits per heavy atom. The van der Waals surface area contributed by atoms with E-state index in [1.807, 2.05) is 6.92 Å². The molecule has 2 heteroatoms. The molecule has 0 spiro atoms. The Kier molecular flexibility index (Phi) is 4.02. The number of aliphatic hydroxyl groups excluding tert-OH is 1. The molecule has 1 rings (SSSR count). The van der Waals surface area contributed by atoms with Gasteiger partial charge in [-0.05, 0) is 31.6 Å². The fourth-order valence-electron chi connectivity index (χ4n) is 1.80. The van der Waals surface area contributed by atoms with Crippen LogP contribution in [0.4, 0.5) is 0 Å². The van der Waals surface area contributed by atoms with Gasteiger partial charge in [-0.25, -0.2) is 0 Å². The monoisotopic (exact) mass is 172 g/mol. The van der Waals surface area contributed by atoms with Crippen LogP contribution in [0, 0.1) is 5.92 Å². The van der Waals surface area contributed by atoms with Crippen molar-refractivity contribution in [2.24, 2.45) is 5.92 Å². The minimum Gasteiger partial charge on any atom is -0.393 e. The van der Waals surface area contributed by atoms with Crippen LogP contribution in [0.3, 0.4) is 0 Å². The van der Waals surface area contributed by atoms with Crippen molar-refractivity contribution in [1.29, 1.82) is 0 Å². The molecule has 0 aliphatic carbocycles. The van der Waals surface area contributed by atoms with Crippen molar-refractivity contribution in [3.8, 4) is 0 Å². The van der Waals surface area contributed by atoms with Gasteiger partial charge in [0.15, 0.2) is 0 Å². The molecule has 0 aromatic heterocycles. The lowest BCUT2D eigenvalue weighted by Crippen LogP contribution is -2.21. The number of hydrogen-bond donors (Lipinski definition) is 1. The van der Waals surface area contributed by atoms with E-state index in [-0.39, 0.29) is 6.10 Å². The van der Waals surface area contributed by atoms with Gasteiger partial charge in [-0.3, -0.25) is 0 Å². The molecule has 0 bridgehead atoms. The van der Waals surface area contributed by atoms with Crippen LogP contribution in [0.25, 0.3) is 0 Å². The van der Waals surface area contributed by atoms with Crippen LogP contribution in [-0.2, 0) is 4.74 Å².